The number of fused-ring (bicyclic) bond motifs is 3. The molecule has 70 heavy (non-hydrogen) atoms. The molecule has 0 aliphatic rings. The van der Waals surface area contributed by atoms with Crippen molar-refractivity contribution in [2.45, 2.75) is 65.4 Å². The maximum atomic E-state index is 12.0. The van der Waals surface area contributed by atoms with Gasteiger partial charge < -0.3 is 31.1 Å². The zero-order valence-electron chi connectivity index (χ0n) is 41.2. The van der Waals surface area contributed by atoms with Crippen LogP contribution in [0.5, 0.6) is 0 Å². The number of halogens is 2. The Morgan fingerprint density at radius 1 is 0.686 bits per heavy atom. The number of ether oxygens (including phenoxy) is 2. The molecule has 27 heteroatoms. The largest absolute Gasteiger partial charge is 1.00 e. The zero-order valence-corrected chi connectivity index (χ0v) is 57.8. The molecule has 0 saturated carbocycles. The summed E-state index contributed by atoms with van der Waals surface area (Å²) in [6, 6.07) is 21.3. The van der Waals surface area contributed by atoms with Gasteiger partial charge >= 0.3 is 66.3 Å². The Morgan fingerprint density at radius 3 is 1.24 bits per heavy atom. The summed E-state index contributed by atoms with van der Waals surface area (Å²) in [5, 5.41) is 18.9. The van der Waals surface area contributed by atoms with Gasteiger partial charge in [0.1, 0.15) is 0 Å². The molecule has 0 aliphatic carbocycles. The number of para-hydroxylation sites is 3. The van der Waals surface area contributed by atoms with Crippen molar-refractivity contribution in [2.24, 2.45) is 10.2 Å². The van der Waals surface area contributed by atoms with Crippen LogP contribution in [0.1, 0.15) is 115 Å². The number of benzene rings is 3. The number of hydrogen-bond donors (Lipinski definition) is 1. The molecule has 3 aromatic carbocycles. The number of rotatable bonds is 10. The van der Waals surface area contributed by atoms with Crippen molar-refractivity contribution in [3.05, 3.63) is 162 Å². The molecule has 6 rings (SSSR count). The molecule has 0 fully saturated rings. The van der Waals surface area contributed by atoms with Crippen LogP contribution >= 0.6 is 15.9 Å². The Morgan fingerprint density at radius 2 is 0.957 bits per heavy atom. The normalized spacial score (nSPS) is 10.0. The van der Waals surface area contributed by atoms with Crippen molar-refractivity contribution < 1.29 is 216 Å². The number of alkyl halides is 2. The Hall–Kier alpha value is -1.49. The number of esters is 2. The summed E-state index contributed by atoms with van der Waals surface area (Å²) in [4.78, 5) is 54.9. The van der Waals surface area contributed by atoms with E-state index in [9.17, 15) is 18.8 Å². The molecule has 0 aliphatic heterocycles. The number of carboxylic acid groups (broad SMARTS) is 1. The average Bonchev–Trinajstić information content (AvgIpc) is 3.29. The van der Waals surface area contributed by atoms with E-state index in [0.29, 0.717) is 39.8 Å². The Kier molecular flexibility index (Phi) is 53.9. The van der Waals surface area contributed by atoms with Crippen LogP contribution < -0.4 is 48.4 Å². The number of carbonyl (C=O) groups is 3. The molecule has 3 atom stereocenters. The standard InChI is InChI=1S/C14H14BrNO2.C14H14N4O2.C12H10N4O2.C2H6.CH3F.Li.N3.Na.H2O.2U.2Y/c1-3-18-14(17)11-8-16-12-7-5-4-6-10(12)13(11)9(2)15;1-3-20-14(19)11-8-16-12-7-5-4-6-10(12)13(11)9(2)17-18-15;1-7(15-16-13)11-8-4-2-3-5-10(8)14-6-9(11)12(17)18;2*1-2;;1-3-2;;;;;;/h4-9H,3H2,1-2H3;4-9H,3H2,1-2H3;2-7H,1H3,(H,17,18);1-2H3;1H3;;;;1H2;;;;/q;;;;;+1;-1;+1;;;;;/p-1/i;;;;1D;;;;;;;;. The SMILES string of the molecule is CC.CC(N=[N+]=[N-])c1c(C(=O)O)cnc2ccccc12.CCOC(=O)c1cnc2ccccc2c1C(C)Br.CCOC(=O)c1cnc2ccccc2c1C(C)N=[N+]=[N-].[2H]CF.[Li+].[N-]=[N+]=[N-].[Na+].[OH-].[U].[U].[Y].[Y]. The van der Waals surface area contributed by atoms with E-state index in [0.717, 1.165) is 27.4 Å². The molecule has 6 aromatic rings. The molecule has 0 bridgehead atoms. The summed E-state index contributed by atoms with van der Waals surface area (Å²) >= 11 is 3.54. The monoisotopic (exact) mass is 1630 g/mol. The molecule has 19 nitrogen and oxygen atoms in total. The first kappa shape index (κ1) is 79.9. The number of aromatic nitrogens is 3. The van der Waals surface area contributed by atoms with Crippen molar-refractivity contribution in [1.29, 1.82) is 0 Å². The second kappa shape index (κ2) is 47.2. The van der Waals surface area contributed by atoms with Gasteiger partial charge in [0.15, 0.2) is 0 Å². The quantitative estimate of drug-likeness (QED) is 0.0357. The van der Waals surface area contributed by atoms with Gasteiger partial charge in [-0.2, -0.15) is 0 Å². The van der Waals surface area contributed by atoms with E-state index < -0.39 is 31.2 Å². The van der Waals surface area contributed by atoms with Gasteiger partial charge in [-0.15, -0.1) is 0 Å². The van der Waals surface area contributed by atoms with E-state index in [1.54, 1.807) is 52.1 Å². The van der Waals surface area contributed by atoms with Crippen LogP contribution in [0.2, 0.25) is 0 Å². The minimum absolute atomic E-state index is 0. The van der Waals surface area contributed by atoms with E-state index in [-0.39, 0.29) is 205 Å². The minimum Gasteiger partial charge on any atom is -0.870 e. The second-order valence-corrected chi connectivity index (χ2v) is 13.4. The fraction of sp³-hybridized carbons (Fsp3) is 0.302. The molecular weight excluding hydrogens is 1580 g/mol. The number of nitrogens with zero attached hydrogens (tertiary/aromatic N) is 12. The number of carbonyl (C=O) groups excluding carboxylic acids is 2. The molecular formula is C43H48BrFLiN12NaO7U2Y2. The van der Waals surface area contributed by atoms with E-state index in [4.69, 9.17) is 38.1 Å². The summed E-state index contributed by atoms with van der Waals surface area (Å²) in [5.41, 5.74) is 35.9. The van der Waals surface area contributed by atoms with Gasteiger partial charge in [-0.05, 0) is 66.7 Å². The van der Waals surface area contributed by atoms with E-state index in [1.165, 1.54) is 17.3 Å². The number of carboxylic acids is 1. The van der Waals surface area contributed by atoms with E-state index >= 15 is 0 Å². The number of aromatic carboxylic acids is 1. The molecule has 3 aromatic heterocycles. The molecule has 3 unspecified atom stereocenters. The van der Waals surface area contributed by atoms with Crippen molar-refractivity contribution in [3.8, 4) is 0 Å². The summed E-state index contributed by atoms with van der Waals surface area (Å²) in [5.74, 6) is -1.86. The predicted octanol–water partition coefficient (Wildman–Crippen LogP) is 7.26. The van der Waals surface area contributed by atoms with E-state index in [2.05, 4.69) is 50.9 Å². The van der Waals surface area contributed by atoms with Crippen LogP contribution in [0.25, 0.3) is 69.6 Å². The van der Waals surface area contributed by atoms with Gasteiger partial charge in [0.25, 0.3) is 0 Å². The zero-order chi connectivity index (χ0) is 48.2. The molecule has 0 spiro atoms. The van der Waals surface area contributed by atoms with Gasteiger partial charge in [-0.25, -0.2) is 14.4 Å². The van der Waals surface area contributed by atoms with Crippen molar-refractivity contribution in [1.82, 2.24) is 15.0 Å². The molecule has 2 N–H and O–H groups in total. The topological polar surface area (TPSA) is 315 Å². The van der Waals surface area contributed by atoms with Crippen LogP contribution in [0, 0.1) is 62.2 Å². The van der Waals surface area contributed by atoms with Gasteiger partial charge in [-0.1, -0.05) is 108 Å². The van der Waals surface area contributed by atoms with Gasteiger partial charge in [0.2, 0.25) is 0 Å². The third-order valence-corrected chi connectivity index (χ3v) is 8.81. The maximum absolute atomic E-state index is 12.0. The minimum atomic E-state index is -1.08. The van der Waals surface area contributed by atoms with Crippen molar-refractivity contribution in [3.63, 3.8) is 0 Å². The van der Waals surface area contributed by atoms with Crippen LogP contribution in [0.15, 0.2) is 102 Å². The van der Waals surface area contributed by atoms with Crippen molar-refractivity contribution >= 4 is 66.5 Å². The first-order valence-corrected chi connectivity index (χ1v) is 20.0. The number of pyridine rings is 3. The average molecular weight is 1630 g/mol. The molecule has 2 radical (unpaired) electrons. The fourth-order valence-electron chi connectivity index (χ4n) is 6.00. The van der Waals surface area contributed by atoms with Crippen LogP contribution in [-0.4, -0.2) is 63.8 Å². The summed E-state index contributed by atoms with van der Waals surface area (Å²) in [6.45, 7) is 13.6. The third kappa shape index (κ3) is 25.2. The summed E-state index contributed by atoms with van der Waals surface area (Å²) < 4.78 is 25.6. The van der Waals surface area contributed by atoms with Crippen LogP contribution in [0.4, 0.5) is 4.39 Å². The maximum Gasteiger partial charge on any atom is 1.00 e. The first-order chi connectivity index (χ1) is 30.8. The second-order valence-electron chi connectivity index (χ2n) is 12.0. The van der Waals surface area contributed by atoms with Crippen LogP contribution in [-0.2, 0) is 74.9 Å². The van der Waals surface area contributed by atoms with Crippen molar-refractivity contribution in [2.75, 3.05) is 20.4 Å². The van der Waals surface area contributed by atoms with Gasteiger partial charge in [0, 0.05) is 177 Å². The number of azide groups is 2. The fourth-order valence-corrected chi connectivity index (χ4v) is 6.49. The predicted molar refractivity (Wildman–Crippen MR) is 247 cm³/mol. The summed E-state index contributed by atoms with van der Waals surface area (Å²) in [6.07, 6.45) is 4.36. The Balaban J connectivity index is -0.000000154. The first-order valence-electron chi connectivity index (χ1n) is 19.8. The Bertz CT molecular complexity index is 2670. The molecule has 0 amide bonds. The van der Waals surface area contributed by atoms with Gasteiger partial charge in [0.05, 0.1) is 67.1 Å². The van der Waals surface area contributed by atoms with Gasteiger partial charge in [-0.3, -0.25) is 24.3 Å². The molecule has 352 valence electrons. The van der Waals surface area contributed by atoms with Crippen LogP contribution in [0.3, 0.4) is 0 Å². The summed E-state index contributed by atoms with van der Waals surface area (Å²) in [7, 11) is -1.00. The molecule has 0 saturated heterocycles. The Labute approximate surface area is 547 Å². The van der Waals surface area contributed by atoms with E-state index in [1.807, 2.05) is 75.4 Å². The number of hydrogen-bond acceptors (Lipinski definition) is 11. The smallest absolute Gasteiger partial charge is 0.870 e. The third-order valence-electron chi connectivity index (χ3n) is 8.36. The molecule has 3 heterocycles.